The molecular weight excluding hydrogens is 274 g/mol. The minimum absolute atomic E-state index is 0.280. The van der Waals surface area contributed by atoms with Crippen LogP contribution in [-0.4, -0.2) is 24.5 Å². The van der Waals surface area contributed by atoms with Crippen LogP contribution in [0, 0.1) is 6.92 Å². The molecule has 5 heteroatoms. The molecule has 0 unspecified atom stereocenters. The van der Waals surface area contributed by atoms with E-state index in [0.717, 1.165) is 28.5 Å². The van der Waals surface area contributed by atoms with E-state index >= 15 is 0 Å². The number of nitrogens with zero attached hydrogens (tertiary/aromatic N) is 5. The monoisotopic (exact) mass is 293 g/mol. The zero-order valence-corrected chi connectivity index (χ0v) is 13.3. The molecule has 0 aliphatic carbocycles. The van der Waals surface area contributed by atoms with Gasteiger partial charge in [0.15, 0.2) is 5.82 Å². The van der Waals surface area contributed by atoms with Crippen LogP contribution in [0.4, 0.5) is 0 Å². The van der Waals surface area contributed by atoms with Gasteiger partial charge in [-0.1, -0.05) is 32.0 Å². The Bertz CT molecular complexity index is 804. The summed E-state index contributed by atoms with van der Waals surface area (Å²) >= 11 is 0. The fourth-order valence-electron chi connectivity index (χ4n) is 2.41. The predicted molar refractivity (Wildman–Crippen MR) is 86.3 cm³/mol. The Labute approximate surface area is 130 Å². The van der Waals surface area contributed by atoms with Crippen LogP contribution >= 0.6 is 0 Å². The highest BCUT2D eigenvalue weighted by Gasteiger charge is 2.10. The van der Waals surface area contributed by atoms with Crippen molar-refractivity contribution in [1.82, 2.24) is 24.5 Å². The molecule has 3 rings (SSSR count). The SMILES string of the molecule is Cc1cn(C)c(-c2cccc(-c3ncnc(C(C)C)n3)c2)n1. The molecule has 0 aliphatic heterocycles. The first-order valence-electron chi connectivity index (χ1n) is 7.34. The number of aromatic nitrogens is 5. The van der Waals surface area contributed by atoms with E-state index in [1.807, 2.05) is 36.9 Å². The summed E-state index contributed by atoms with van der Waals surface area (Å²) in [5, 5.41) is 0. The van der Waals surface area contributed by atoms with Crippen molar-refractivity contribution in [2.45, 2.75) is 26.7 Å². The van der Waals surface area contributed by atoms with E-state index in [1.54, 1.807) is 6.33 Å². The largest absolute Gasteiger partial charge is 0.334 e. The Morgan fingerprint density at radius 1 is 1.05 bits per heavy atom. The summed E-state index contributed by atoms with van der Waals surface area (Å²) in [5.74, 6) is 2.73. The van der Waals surface area contributed by atoms with Gasteiger partial charge in [0.05, 0.1) is 5.69 Å². The van der Waals surface area contributed by atoms with Crippen molar-refractivity contribution < 1.29 is 0 Å². The van der Waals surface area contributed by atoms with Crippen molar-refractivity contribution in [3.05, 3.63) is 48.3 Å². The molecule has 0 aliphatic rings. The molecule has 5 nitrogen and oxygen atoms in total. The molecule has 22 heavy (non-hydrogen) atoms. The lowest BCUT2D eigenvalue weighted by Crippen LogP contribution is -2.00. The van der Waals surface area contributed by atoms with Crippen LogP contribution in [0.3, 0.4) is 0 Å². The summed E-state index contributed by atoms with van der Waals surface area (Å²) < 4.78 is 2.03. The Kier molecular flexibility index (Phi) is 3.71. The summed E-state index contributed by atoms with van der Waals surface area (Å²) in [5.41, 5.74) is 3.03. The highest BCUT2D eigenvalue weighted by atomic mass is 15.0. The first kappa shape index (κ1) is 14.4. The van der Waals surface area contributed by atoms with Crippen LogP contribution in [-0.2, 0) is 7.05 Å². The third-order valence-corrected chi connectivity index (χ3v) is 3.48. The molecule has 0 amide bonds. The lowest BCUT2D eigenvalue weighted by Gasteiger charge is -2.07. The molecule has 0 radical (unpaired) electrons. The Morgan fingerprint density at radius 3 is 2.50 bits per heavy atom. The van der Waals surface area contributed by atoms with E-state index in [2.05, 4.69) is 45.9 Å². The number of aryl methyl sites for hydroxylation is 2. The van der Waals surface area contributed by atoms with E-state index < -0.39 is 0 Å². The quantitative estimate of drug-likeness (QED) is 0.743. The molecule has 0 N–H and O–H groups in total. The van der Waals surface area contributed by atoms with Crippen molar-refractivity contribution in [3.8, 4) is 22.8 Å². The van der Waals surface area contributed by atoms with Gasteiger partial charge in [-0.25, -0.2) is 19.9 Å². The highest BCUT2D eigenvalue weighted by molar-refractivity contribution is 5.66. The summed E-state index contributed by atoms with van der Waals surface area (Å²) in [4.78, 5) is 17.7. The van der Waals surface area contributed by atoms with E-state index in [1.165, 1.54) is 0 Å². The first-order chi connectivity index (χ1) is 10.5. The van der Waals surface area contributed by atoms with Crippen molar-refractivity contribution in [2.75, 3.05) is 0 Å². The molecule has 0 saturated heterocycles. The summed E-state index contributed by atoms with van der Waals surface area (Å²) in [7, 11) is 2.00. The minimum Gasteiger partial charge on any atom is -0.334 e. The molecule has 112 valence electrons. The third-order valence-electron chi connectivity index (χ3n) is 3.48. The summed E-state index contributed by atoms with van der Waals surface area (Å²) in [6, 6.07) is 8.14. The van der Waals surface area contributed by atoms with Crippen molar-refractivity contribution in [1.29, 1.82) is 0 Å². The third kappa shape index (κ3) is 2.74. The molecule has 0 bridgehead atoms. The molecule has 0 fully saturated rings. The molecule has 0 atom stereocenters. The number of hydrogen-bond donors (Lipinski definition) is 0. The second-order valence-corrected chi connectivity index (χ2v) is 5.72. The van der Waals surface area contributed by atoms with Gasteiger partial charge in [-0.05, 0) is 13.0 Å². The molecular formula is C17H19N5. The van der Waals surface area contributed by atoms with Gasteiger partial charge in [0, 0.05) is 30.3 Å². The normalized spacial score (nSPS) is 11.1. The molecule has 3 aromatic rings. The van der Waals surface area contributed by atoms with Crippen LogP contribution < -0.4 is 0 Å². The first-order valence-corrected chi connectivity index (χ1v) is 7.34. The van der Waals surface area contributed by atoms with E-state index in [-0.39, 0.29) is 5.92 Å². The zero-order chi connectivity index (χ0) is 15.7. The lowest BCUT2D eigenvalue weighted by atomic mass is 10.1. The van der Waals surface area contributed by atoms with Crippen LogP contribution in [0.2, 0.25) is 0 Å². The van der Waals surface area contributed by atoms with E-state index in [4.69, 9.17) is 0 Å². The smallest absolute Gasteiger partial charge is 0.163 e. The van der Waals surface area contributed by atoms with Gasteiger partial charge in [-0.15, -0.1) is 0 Å². The second-order valence-electron chi connectivity index (χ2n) is 5.72. The van der Waals surface area contributed by atoms with Crippen LogP contribution in [0.25, 0.3) is 22.8 Å². The molecule has 2 aromatic heterocycles. The number of rotatable bonds is 3. The Morgan fingerprint density at radius 2 is 1.82 bits per heavy atom. The van der Waals surface area contributed by atoms with Gasteiger partial charge in [0.1, 0.15) is 18.0 Å². The maximum Gasteiger partial charge on any atom is 0.163 e. The Hall–Kier alpha value is -2.56. The highest BCUT2D eigenvalue weighted by Crippen LogP contribution is 2.24. The topological polar surface area (TPSA) is 56.5 Å². The molecule has 2 heterocycles. The molecule has 1 aromatic carbocycles. The van der Waals surface area contributed by atoms with Crippen LogP contribution in [0.15, 0.2) is 36.8 Å². The molecule has 0 saturated carbocycles. The van der Waals surface area contributed by atoms with Gasteiger partial charge in [-0.2, -0.15) is 0 Å². The summed E-state index contributed by atoms with van der Waals surface area (Å²) in [6.45, 7) is 6.15. The maximum atomic E-state index is 4.57. The number of benzene rings is 1. The average Bonchev–Trinajstić information content (AvgIpc) is 2.86. The van der Waals surface area contributed by atoms with Gasteiger partial charge >= 0.3 is 0 Å². The number of imidazole rings is 1. The summed E-state index contributed by atoms with van der Waals surface area (Å²) in [6.07, 6.45) is 3.59. The van der Waals surface area contributed by atoms with Crippen LogP contribution in [0.1, 0.15) is 31.3 Å². The second kappa shape index (κ2) is 5.67. The van der Waals surface area contributed by atoms with Gasteiger partial charge in [0.25, 0.3) is 0 Å². The van der Waals surface area contributed by atoms with Gasteiger partial charge < -0.3 is 4.57 Å². The Balaban J connectivity index is 2.05. The van der Waals surface area contributed by atoms with Gasteiger partial charge in [0.2, 0.25) is 0 Å². The van der Waals surface area contributed by atoms with Crippen molar-refractivity contribution in [2.24, 2.45) is 7.05 Å². The maximum absolute atomic E-state index is 4.57. The average molecular weight is 293 g/mol. The van der Waals surface area contributed by atoms with E-state index in [9.17, 15) is 0 Å². The predicted octanol–water partition coefficient (Wildman–Crippen LogP) is 3.37. The van der Waals surface area contributed by atoms with Crippen LogP contribution in [0.5, 0.6) is 0 Å². The van der Waals surface area contributed by atoms with Crippen molar-refractivity contribution >= 4 is 0 Å². The van der Waals surface area contributed by atoms with Gasteiger partial charge in [-0.3, -0.25) is 0 Å². The fourth-order valence-corrected chi connectivity index (χ4v) is 2.41. The molecule has 0 spiro atoms. The minimum atomic E-state index is 0.280. The van der Waals surface area contributed by atoms with E-state index in [0.29, 0.717) is 5.82 Å². The zero-order valence-electron chi connectivity index (χ0n) is 13.3. The number of hydrogen-bond acceptors (Lipinski definition) is 4. The lowest BCUT2D eigenvalue weighted by molar-refractivity contribution is 0.762. The standard InChI is InChI=1S/C17H19N5/c1-11(2)15-18-10-19-16(21-15)13-6-5-7-14(8-13)17-20-12(3)9-22(17)4/h5-11H,1-4H3. The van der Waals surface area contributed by atoms with Crippen molar-refractivity contribution in [3.63, 3.8) is 0 Å². The fraction of sp³-hybridized carbons (Fsp3) is 0.294.